The lowest BCUT2D eigenvalue weighted by molar-refractivity contribution is -0.152. The van der Waals surface area contributed by atoms with Crippen LogP contribution >= 0.6 is 0 Å². The number of carbonyl (C=O) groups excluding carboxylic acids is 2. The van der Waals surface area contributed by atoms with E-state index in [0.717, 1.165) is 5.69 Å². The number of nitrogens with zero attached hydrogens (tertiary/aromatic N) is 2. The van der Waals surface area contributed by atoms with Gasteiger partial charge in [0.25, 0.3) is 11.9 Å². The zero-order valence-electron chi connectivity index (χ0n) is 12.7. The van der Waals surface area contributed by atoms with Gasteiger partial charge in [0, 0.05) is 11.8 Å². The molecule has 2 heterocycles. The molecule has 22 heavy (non-hydrogen) atoms. The molecule has 0 aliphatic carbocycles. The highest BCUT2D eigenvalue weighted by Crippen LogP contribution is 2.16. The summed E-state index contributed by atoms with van der Waals surface area (Å²) in [6.45, 7) is 5.44. The van der Waals surface area contributed by atoms with E-state index in [4.69, 9.17) is 13.9 Å². The maximum atomic E-state index is 12.3. The van der Waals surface area contributed by atoms with E-state index in [2.05, 4.69) is 5.10 Å². The zero-order chi connectivity index (χ0) is 16.1. The largest absolute Gasteiger partial charge is 0.463 e. The summed E-state index contributed by atoms with van der Waals surface area (Å²) in [7, 11) is 0. The zero-order valence-corrected chi connectivity index (χ0v) is 12.7. The van der Waals surface area contributed by atoms with Crippen molar-refractivity contribution in [1.29, 1.82) is 0 Å². The van der Waals surface area contributed by atoms with Crippen LogP contribution in [0.4, 0.5) is 0 Å². The average Bonchev–Trinajstić information content (AvgIpc) is 3.07. The van der Waals surface area contributed by atoms with Crippen molar-refractivity contribution in [3.63, 3.8) is 0 Å². The minimum absolute atomic E-state index is 0.152. The van der Waals surface area contributed by atoms with E-state index in [1.165, 1.54) is 10.9 Å². The van der Waals surface area contributed by atoms with Crippen molar-refractivity contribution in [1.82, 2.24) is 9.78 Å². The maximum absolute atomic E-state index is 12.3. The molecule has 0 bridgehead atoms. The molecule has 0 unspecified atom stereocenters. The lowest BCUT2D eigenvalue weighted by Crippen LogP contribution is -2.33. The normalized spacial score (nSPS) is 12.0. The van der Waals surface area contributed by atoms with Crippen LogP contribution in [0.15, 0.2) is 28.9 Å². The Bertz CT molecular complexity index is 645. The Morgan fingerprint density at radius 2 is 2.18 bits per heavy atom. The van der Waals surface area contributed by atoms with Crippen LogP contribution < -0.4 is 4.74 Å². The molecule has 0 radical (unpaired) electrons. The van der Waals surface area contributed by atoms with Gasteiger partial charge in [-0.05, 0) is 32.9 Å². The standard InChI is InChI=1S/C15H18N2O5/c1-4-20-15(19)12(22-14-6-5-7-21-14)9-13(18)17-11(3)8-10(2)16-17/h5-8,12H,4,9H2,1-3H3/t12-/m1/s1. The second-order valence-corrected chi connectivity index (χ2v) is 4.73. The third-order valence-corrected chi connectivity index (χ3v) is 2.91. The topological polar surface area (TPSA) is 83.6 Å². The summed E-state index contributed by atoms with van der Waals surface area (Å²) in [6.07, 6.45) is 0.143. The van der Waals surface area contributed by atoms with Crippen molar-refractivity contribution in [2.45, 2.75) is 33.3 Å². The molecule has 1 atom stereocenters. The number of carbonyl (C=O) groups is 2. The van der Waals surface area contributed by atoms with Gasteiger partial charge in [-0.15, -0.1) is 0 Å². The van der Waals surface area contributed by atoms with Gasteiger partial charge in [-0.3, -0.25) is 4.79 Å². The van der Waals surface area contributed by atoms with Gasteiger partial charge in [-0.25, -0.2) is 9.48 Å². The highest BCUT2D eigenvalue weighted by atomic mass is 16.6. The Morgan fingerprint density at radius 1 is 1.41 bits per heavy atom. The summed E-state index contributed by atoms with van der Waals surface area (Å²) in [5, 5.41) is 4.10. The molecule has 0 aliphatic heterocycles. The summed E-state index contributed by atoms with van der Waals surface area (Å²) in [5.74, 6) is -0.816. The number of rotatable bonds is 6. The van der Waals surface area contributed by atoms with Crippen molar-refractivity contribution < 1.29 is 23.5 Å². The fraction of sp³-hybridized carbons (Fsp3) is 0.400. The fourth-order valence-corrected chi connectivity index (χ4v) is 2.01. The Balaban J connectivity index is 2.13. The molecule has 2 aromatic rings. The van der Waals surface area contributed by atoms with Crippen LogP contribution in [0.2, 0.25) is 0 Å². The number of hydrogen-bond donors (Lipinski definition) is 0. The van der Waals surface area contributed by atoms with Crippen LogP contribution in [0.25, 0.3) is 0 Å². The predicted octanol–water partition coefficient (Wildman–Crippen LogP) is 2.13. The first-order valence-corrected chi connectivity index (χ1v) is 6.94. The SMILES string of the molecule is CCOC(=O)[C@@H](CC(=O)n1nc(C)cc1C)Oc1ccco1. The number of furan rings is 1. The minimum Gasteiger partial charge on any atom is -0.463 e. The lowest BCUT2D eigenvalue weighted by atomic mass is 10.2. The van der Waals surface area contributed by atoms with Crippen LogP contribution in [0, 0.1) is 13.8 Å². The number of esters is 1. The first-order chi connectivity index (χ1) is 10.5. The van der Waals surface area contributed by atoms with Gasteiger partial charge in [0.1, 0.15) is 0 Å². The molecular formula is C15H18N2O5. The number of hydrogen-bond acceptors (Lipinski definition) is 6. The smallest absolute Gasteiger partial charge is 0.348 e. The van der Waals surface area contributed by atoms with Crippen LogP contribution in [0.5, 0.6) is 5.95 Å². The highest BCUT2D eigenvalue weighted by molar-refractivity contribution is 5.86. The fourth-order valence-electron chi connectivity index (χ4n) is 2.01. The van der Waals surface area contributed by atoms with Gasteiger partial charge in [0.2, 0.25) is 6.10 Å². The summed E-state index contributed by atoms with van der Waals surface area (Å²) < 4.78 is 16.6. The molecule has 0 saturated carbocycles. The van der Waals surface area contributed by atoms with Gasteiger partial charge in [0.15, 0.2) is 0 Å². The van der Waals surface area contributed by atoms with Crippen molar-refractivity contribution in [3.8, 4) is 5.95 Å². The average molecular weight is 306 g/mol. The Morgan fingerprint density at radius 3 is 2.73 bits per heavy atom. The third kappa shape index (κ3) is 3.75. The molecule has 7 nitrogen and oxygen atoms in total. The number of ether oxygens (including phenoxy) is 2. The van der Waals surface area contributed by atoms with E-state index >= 15 is 0 Å². The van der Waals surface area contributed by atoms with E-state index in [0.29, 0.717) is 5.69 Å². The molecule has 0 aromatic carbocycles. The highest BCUT2D eigenvalue weighted by Gasteiger charge is 2.27. The first kappa shape index (κ1) is 15.8. The number of aromatic nitrogens is 2. The lowest BCUT2D eigenvalue weighted by Gasteiger charge is -2.15. The van der Waals surface area contributed by atoms with Gasteiger partial charge < -0.3 is 13.9 Å². The van der Waals surface area contributed by atoms with E-state index in [9.17, 15) is 9.59 Å². The van der Waals surface area contributed by atoms with Gasteiger partial charge in [0.05, 0.1) is 25.0 Å². The number of aryl methyl sites for hydroxylation is 2. The van der Waals surface area contributed by atoms with Gasteiger partial charge >= 0.3 is 5.97 Å². The molecule has 0 fully saturated rings. The second kappa shape index (κ2) is 6.93. The van der Waals surface area contributed by atoms with E-state index < -0.39 is 12.1 Å². The van der Waals surface area contributed by atoms with Crippen LogP contribution in [0.1, 0.15) is 29.5 Å². The predicted molar refractivity (Wildman–Crippen MR) is 76.7 cm³/mol. The summed E-state index contributed by atoms with van der Waals surface area (Å²) in [6, 6.07) is 4.96. The molecule has 118 valence electrons. The third-order valence-electron chi connectivity index (χ3n) is 2.91. The van der Waals surface area contributed by atoms with Crippen molar-refractivity contribution in [2.24, 2.45) is 0 Å². The Kier molecular flexibility index (Phi) is 4.98. The molecule has 0 spiro atoms. The molecule has 0 saturated heterocycles. The van der Waals surface area contributed by atoms with Crippen molar-refractivity contribution >= 4 is 11.9 Å². The quantitative estimate of drug-likeness (QED) is 0.760. The summed E-state index contributed by atoms with van der Waals surface area (Å²) in [5.41, 5.74) is 1.42. The Labute approximate surface area is 127 Å². The van der Waals surface area contributed by atoms with Gasteiger partial charge in [-0.1, -0.05) is 0 Å². The van der Waals surface area contributed by atoms with E-state index in [1.807, 2.05) is 0 Å². The molecule has 0 N–H and O–H groups in total. The molecule has 0 aliphatic rings. The van der Waals surface area contributed by atoms with Gasteiger partial charge in [-0.2, -0.15) is 5.10 Å². The monoisotopic (exact) mass is 306 g/mol. The summed E-state index contributed by atoms with van der Waals surface area (Å²) >= 11 is 0. The first-order valence-electron chi connectivity index (χ1n) is 6.94. The van der Waals surface area contributed by atoms with Crippen molar-refractivity contribution in [3.05, 3.63) is 35.9 Å². The Hall–Kier alpha value is -2.57. The maximum Gasteiger partial charge on any atom is 0.348 e. The van der Waals surface area contributed by atoms with E-state index in [1.54, 1.807) is 39.0 Å². The molecular weight excluding hydrogens is 288 g/mol. The second-order valence-electron chi connectivity index (χ2n) is 4.73. The molecule has 2 rings (SSSR count). The van der Waals surface area contributed by atoms with Crippen LogP contribution in [-0.4, -0.2) is 34.4 Å². The van der Waals surface area contributed by atoms with Crippen LogP contribution in [0.3, 0.4) is 0 Å². The summed E-state index contributed by atoms with van der Waals surface area (Å²) in [4.78, 5) is 24.3. The molecule has 0 amide bonds. The van der Waals surface area contributed by atoms with Crippen LogP contribution in [-0.2, 0) is 9.53 Å². The minimum atomic E-state index is -1.08. The molecule has 7 heteroatoms. The van der Waals surface area contributed by atoms with Crippen molar-refractivity contribution in [2.75, 3.05) is 6.61 Å². The molecule has 2 aromatic heterocycles. The van der Waals surface area contributed by atoms with E-state index in [-0.39, 0.29) is 24.9 Å².